The monoisotopic (exact) mass is 657 g/mol. The van der Waals surface area contributed by atoms with E-state index in [2.05, 4.69) is 5.32 Å². The molecular formula is C30H32Cl2F3N3O4S. The van der Waals surface area contributed by atoms with E-state index >= 15 is 0 Å². The first-order valence-electron chi connectivity index (χ1n) is 13.3. The van der Waals surface area contributed by atoms with Crippen molar-refractivity contribution >= 4 is 50.7 Å². The number of amides is 2. The van der Waals surface area contributed by atoms with Crippen molar-refractivity contribution in [3.8, 4) is 0 Å². The highest BCUT2D eigenvalue weighted by Gasteiger charge is 2.35. The van der Waals surface area contributed by atoms with E-state index < -0.39 is 46.2 Å². The molecule has 3 aromatic carbocycles. The summed E-state index contributed by atoms with van der Waals surface area (Å²) in [5.74, 6) is -1.32. The normalized spacial score (nSPS) is 13.2. The lowest BCUT2D eigenvalue weighted by Crippen LogP contribution is -2.52. The number of carbonyl (C=O) groups is 2. The molecule has 0 heterocycles. The van der Waals surface area contributed by atoms with Crippen molar-refractivity contribution < 1.29 is 31.2 Å². The van der Waals surface area contributed by atoms with Gasteiger partial charge in [0.05, 0.1) is 26.2 Å². The number of hydrogen-bond acceptors (Lipinski definition) is 4. The van der Waals surface area contributed by atoms with Gasteiger partial charge in [0.15, 0.2) is 0 Å². The second-order valence-electron chi connectivity index (χ2n) is 10.1. The molecule has 0 aliphatic rings. The Bertz CT molecular complexity index is 1570. The maximum absolute atomic E-state index is 14.0. The summed E-state index contributed by atoms with van der Waals surface area (Å²) in [7, 11) is -4.54. The number of halogens is 5. The van der Waals surface area contributed by atoms with Crippen LogP contribution in [0.1, 0.15) is 43.9 Å². The fraction of sp³-hybridized carbons (Fsp3) is 0.333. The average Bonchev–Trinajstić information content (AvgIpc) is 2.95. The smallest absolute Gasteiger partial charge is 0.352 e. The zero-order valence-electron chi connectivity index (χ0n) is 24.0. The first-order chi connectivity index (χ1) is 20.0. The summed E-state index contributed by atoms with van der Waals surface area (Å²) in [5.41, 5.74) is -0.196. The lowest BCUT2D eigenvalue weighted by atomic mass is 10.1. The minimum absolute atomic E-state index is 0.161. The number of rotatable bonds is 11. The zero-order chi connectivity index (χ0) is 32.1. The molecule has 1 N–H and O–H groups in total. The third kappa shape index (κ3) is 8.64. The van der Waals surface area contributed by atoms with Crippen LogP contribution in [0.5, 0.6) is 0 Å². The summed E-state index contributed by atoms with van der Waals surface area (Å²) in [5, 5.41) is 3.28. The van der Waals surface area contributed by atoms with Crippen LogP contribution < -0.4 is 9.62 Å². The van der Waals surface area contributed by atoms with Gasteiger partial charge in [0, 0.05) is 12.6 Å². The second kappa shape index (κ2) is 14.0. The molecule has 232 valence electrons. The Morgan fingerprint density at radius 2 is 1.60 bits per heavy atom. The molecule has 0 saturated heterocycles. The Morgan fingerprint density at radius 1 is 0.953 bits per heavy atom. The molecule has 0 unspecified atom stereocenters. The van der Waals surface area contributed by atoms with Crippen molar-refractivity contribution in [1.82, 2.24) is 10.2 Å². The average molecular weight is 659 g/mol. The predicted octanol–water partition coefficient (Wildman–Crippen LogP) is 6.85. The van der Waals surface area contributed by atoms with Crippen LogP contribution in [-0.2, 0) is 32.3 Å². The Balaban J connectivity index is 2.10. The van der Waals surface area contributed by atoms with Crippen molar-refractivity contribution in [3.63, 3.8) is 0 Å². The molecule has 0 aromatic heterocycles. The van der Waals surface area contributed by atoms with Gasteiger partial charge in [-0.1, -0.05) is 60.0 Å². The third-order valence-electron chi connectivity index (χ3n) is 6.85. The van der Waals surface area contributed by atoms with Crippen LogP contribution >= 0.6 is 23.2 Å². The topological polar surface area (TPSA) is 86.8 Å². The highest BCUT2D eigenvalue weighted by molar-refractivity contribution is 7.92. The lowest BCUT2D eigenvalue weighted by molar-refractivity contribution is -0.139. The number of nitrogens with zero attached hydrogens (tertiary/aromatic N) is 2. The first-order valence-corrected chi connectivity index (χ1v) is 15.5. The molecule has 2 amide bonds. The van der Waals surface area contributed by atoms with Gasteiger partial charge < -0.3 is 10.2 Å². The molecule has 43 heavy (non-hydrogen) atoms. The van der Waals surface area contributed by atoms with Gasteiger partial charge in [0.2, 0.25) is 11.8 Å². The van der Waals surface area contributed by atoms with Gasteiger partial charge in [-0.2, -0.15) is 13.2 Å². The van der Waals surface area contributed by atoms with E-state index in [0.717, 1.165) is 22.6 Å². The van der Waals surface area contributed by atoms with Crippen molar-refractivity contribution in [3.05, 3.63) is 93.5 Å². The molecule has 0 aliphatic carbocycles. The number of anilines is 1. The maximum Gasteiger partial charge on any atom is 0.416 e. The van der Waals surface area contributed by atoms with E-state index in [1.807, 2.05) is 6.92 Å². The van der Waals surface area contributed by atoms with Crippen LogP contribution in [0.3, 0.4) is 0 Å². The molecule has 0 aliphatic heterocycles. The van der Waals surface area contributed by atoms with Gasteiger partial charge in [0.25, 0.3) is 10.0 Å². The molecule has 0 saturated carbocycles. The molecule has 3 rings (SSSR count). The fourth-order valence-electron chi connectivity index (χ4n) is 4.09. The van der Waals surface area contributed by atoms with Gasteiger partial charge in [-0.25, -0.2) is 8.42 Å². The number of aryl methyl sites for hydroxylation is 1. The summed E-state index contributed by atoms with van der Waals surface area (Å²) in [6.07, 6.45) is -4.14. The Morgan fingerprint density at radius 3 is 2.19 bits per heavy atom. The van der Waals surface area contributed by atoms with E-state index in [9.17, 15) is 31.2 Å². The van der Waals surface area contributed by atoms with Crippen molar-refractivity contribution in [2.45, 2.75) is 63.8 Å². The molecule has 0 fully saturated rings. The SMILES string of the molecule is CC[C@H](C)NC(=O)[C@@H](C)N(Cc1ccc(Cl)c(Cl)c1)C(=O)CN(c1cccc(C(F)(F)F)c1)S(=O)(=O)c1ccc(C)cc1. The van der Waals surface area contributed by atoms with Gasteiger partial charge in [-0.3, -0.25) is 13.9 Å². The van der Waals surface area contributed by atoms with Gasteiger partial charge >= 0.3 is 6.18 Å². The van der Waals surface area contributed by atoms with Crippen molar-refractivity contribution in [2.24, 2.45) is 0 Å². The van der Waals surface area contributed by atoms with E-state index in [1.54, 1.807) is 19.9 Å². The number of alkyl halides is 3. The van der Waals surface area contributed by atoms with Gasteiger partial charge in [-0.15, -0.1) is 0 Å². The van der Waals surface area contributed by atoms with Crippen LogP contribution in [0, 0.1) is 6.92 Å². The summed E-state index contributed by atoms with van der Waals surface area (Å²) in [6, 6.07) is 12.8. The predicted molar refractivity (Wildman–Crippen MR) is 162 cm³/mol. The van der Waals surface area contributed by atoms with Gasteiger partial charge in [0.1, 0.15) is 12.6 Å². The summed E-state index contributed by atoms with van der Waals surface area (Å²) < 4.78 is 69.2. The molecule has 0 bridgehead atoms. The van der Waals surface area contributed by atoms with Crippen LogP contribution in [-0.4, -0.2) is 43.8 Å². The quantitative estimate of drug-likeness (QED) is 0.244. The number of sulfonamides is 1. The summed E-state index contributed by atoms with van der Waals surface area (Å²) in [4.78, 5) is 28.0. The highest BCUT2D eigenvalue weighted by atomic mass is 35.5. The molecule has 0 spiro atoms. The third-order valence-corrected chi connectivity index (χ3v) is 9.38. The Hall–Kier alpha value is -3.28. The minimum atomic E-state index is -4.76. The Labute approximate surface area is 259 Å². The number of benzene rings is 3. The van der Waals surface area contributed by atoms with Gasteiger partial charge in [-0.05, 0) is 75.2 Å². The number of hydrogen-bond donors (Lipinski definition) is 1. The molecular weight excluding hydrogens is 626 g/mol. The first kappa shape index (κ1) is 34.2. The summed E-state index contributed by atoms with van der Waals surface area (Å²) >= 11 is 12.2. The zero-order valence-corrected chi connectivity index (χ0v) is 26.3. The molecule has 3 aromatic rings. The van der Waals surface area contributed by atoms with Crippen LogP contribution in [0.15, 0.2) is 71.6 Å². The van der Waals surface area contributed by atoms with E-state index in [0.29, 0.717) is 22.4 Å². The molecule has 0 radical (unpaired) electrons. The lowest BCUT2D eigenvalue weighted by Gasteiger charge is -2.32. The second-order valence-corrected chi connectivity index (χ2v) is 12.8. The largest absolute Gasteiger partial charge is 0.416 e. The van der Waals surface area contributed by atoms with Crippen LogP contribution in [0.25, 0.3) is 0 Å². The molecule has 2 atom stereocenters. The number of carbonyl (C=O) groups excluding carboxylic acids is 2. The van der Waals surface area contributed by atoms with E-state index in [4.69, 9.17) is 23.2 Å². The number of nitrogens with one attached hydrogen (secondary N) is 1. The highest BCUT2D eigenvalue weighted by Crippen LogP contribution is 2.33. The molecule has 7 nitrogen and oxygen atoms in total. The van der Waals surface area contributed by atoms with Crippen molar-refractivity contribution in [1.29, 1.82) is 0 Å². The van der Waals surface area contributed by atoms with E-state index in [1.165, 1.54) is 49.4 Å². The maximum atomic E-state index is 14.0. The fourth-order valence-corrected chi connectivity index (χ4v) is 5.81. The van der Waals surface area contributed by atoms with Crippen LogP contribution in [0.2, 0.25) is 10.0 Å². The van der Waals surface area contributed by atoms with Crippen molar-refractivity contribution in [2.75, 3.05) is 10.8 Å². The van der Waals surface area contributed by atoms with Crippen LogP contribution in [0.4, 0.5) is 18.9 Å². The standard InChI is InChI=1S/C30H32Cl2F3N3O4S/c1-5-20(3)36-29(40)21(4)37(17-22-11-14-26(31)27(32)15-22)28(39)18-38(24-8-6-7-23(16-24)30(33,34)35)43(41,42)25-12-9-19(2)10-13-25/h6-16,20-21H,5,17-18H2,1-4H3,(H,36,40)/t20-,21+/m0/s1. The Kier molecular flexibility index (Phi) is 11.1. The molecule has 13 heteroatoms. The minimum Gasteiger partial charge on any atom is -0.352 e. The van der Waals surface area contributed by atoms with E-state index in [-0.39, 0.29) is 33.2 Å². The summed E-state index contributed by atoms with van der Waals surface area (Å²) in [6.45, 7) is 5.84.